The average Bonchev–Trinajstić information content (AvgIpc) is 3.31. The Labute approximate surface area is 166 Å². The van der Waals surface area contributed by atoms with Gasteiger partial charge in [0, 0.05) is 44.5 Å². The monoisotopic (exact) mass is 383 g/mol. The van der Waals surface area contributed by atoms with Crippen LogP contribution in [0.3, 0.4) is 0 Å². The van der Waals surface area contributed by atoms with Crippen LogP contribution in [-0.4, -0.2) is 36.9 Å². The molecule has 0 unspecified atom stereocenters. The molecule has 0 spiro atoms. The number of carbonyl (C=O) groups is 2. The Morgan fingerprint density at radius 2 is 1.96 bits per heavy atom. The van der Waals surface area contributed by atoms with E-state index < -0.39 is 0 Å². The lowest BCUT2D eigenvalue weighted by Gasteiger charge is -2.25. The molecule has 1 fully saturated rings. The lowest BCUT2D eigenvalue weighted by atomic mass is 10.1. The zero-order valence-corrected chi connectivity index (χ0v) is 17.1. The molecule has 0 aliphatic heterocycles. The van der Waals surface area contributed by atoms with E-state index >= 15 is 0 Å². The Morgan fingerprint density at radius 3 is 2.54 bits per heavy atom. The van der Waals surface area contributed by atoms with Gasteiger partial charge in [0.25, 0.3) is 5.91 Å². The zero-order valence-electron chi connectivity index (χ0n) is 17.1. The maximum atomic E-state index is 12.9. The van der Waals surface area contributed by atoms with Crippen LogP contribution in [0.15, 0.2) is 41.0 Å². The Hall–Kier alpha value is -2.76. The van der Waals surface area contributed by atoms with Crippen LogP contribution in [0.5, 0.6) is 0 Å². The largest absolute Gasteiger partial charge is 0.459 e. The van der Waals surface area contributed by atoms with Crippen molar-refractivity contribution in [2.24, 2.45) is 5.92 Å². The molecule has 0 atom stereocenters. The van der Waals surface area contributed by atoms with Gasteiger partial charge in [-0.3, -0.25) is 9.59 Å². The van der Waals surface area contributed by atoms with Gasteiger partial charge in [0.1, 0.15) is 0 Å². The molecular formula is C22H29N3O3. The predicted molar refractivity (Wildman–Crippen MR) is 110 cm³/mol. The number of amides is 2. The maximum absolute atomic E-state index is 12.9. The lowest BCUT2D eigenvalue weighted by Crippen LogP contribution is -2.33. The molecule has 28 heavy (non-hydrogen) atoms. The molecule has 1 aliphatic rings. The van der Waals surface area contributed by atoms with Crippen molar-refractivity contribution in [2.75, 3.05) is 24.3 Å². The quantitative estimate of drug-likeness (QED) is 0.744. The van der Waals surface area contributed by atoms with Crippen LogP contribution < -0.4 is 10.2 Å². The van der Waals surface area contributed by atoms with Gasteiger partial charge in [-0.2, -0.15) is 0 Å². The SMILES string of the molecule is CC(C)CC(=O)Nc1ccc(N(C)C)c(CN(C(=O)c2ccco2)C2CC2)c1. The highest BCUT2D eigenvalue weighted by Crippen LogP contribution is 2.33. The van der Waals surface area contributed by atoms with Crippen LogP contribution >= 0.6 is 0 Å². The first-order valence-electron chi connectivity index (χ1n) is 9.79. The lowest BCUT2D eigenvalue weighted by molar-refractivity contribution is -0.116. The van der Waals surface area contributed by atoms with Gasteiger partial charge in [-0.25, -0.2) is 0 Å². The molecule has 6 heteroatoms. The van der Waals surface area contributed by atoms with E-state index in [1.54, 1.807) is 12.1 Å². The number of furan rings is 1. The first kappa shape index (κ1) is 20.0. The average molecular weight is 383 g/mol. The molecule has 1 aromatic carbocycles. The number of carbonyl (C=O) groups excluding carboxylic acids is 2. The molecule has 150 valence electrons. The fraction of sp³-hybridized carbons (Fsp3) is 0.455. The van der Waals surface area contributed by atoms with Gasteiger partial charge in [-0.15, -0.1) is 0 Å². The highest BCUT2D eigenvalue weighted by molar-refractivity contribution is 5.92. The summed E-state index contributed by atoms with van der Waals surface area (Å²) in [6.07, 6.45) is 4.02. The number of anilines is 2. The molecule has 3 rings (SSSR count). The van der Waals surface area contributed by atoms with Gasteiger partial charge in [0.2, 0.25) is 5.91 Å². The summed E-state index contributed by atoms with van der Waals surface area (Å²) < 4.78 is 5.32. The van der Waals surface area contributed by atoms with Crippen molar-refractivity contribution in [3.63, 3.8) is 0 Å². The van der Waals surface area contributed by atoms with Crippen molar-refractivity contribution in [3.05, 3.63) is 47.9 Å². The number of benzene rings is 1. The molecule has 1 saturated carbocycles. The van der Waals surface area contributed by atoms with E-state index in [9.17, 15) is 9.59 Å². The van der Waals surface area contributed by atoms with Gasteiger partial charge >= 0.3 is 0 Å². The second-order valence-electron chi connectivity index (χ2n) is 8.03. The van der Waals surface area contributed by atoms with Crippen molar-refractivity contribution >= 4 is 23.2 Å². The third kappa shape index (κ3) is 4.94. The smallest absolute Gasteiger partial charge is 0.290 e. The van der Waals surface area contributed by atoms with E-state index in [2.05, 4.69) is 5.32 Å². The fourth-order valence-electron chi connectivity index (χ4n) is 3.29. The summed E-state index contributed by atoms with van der Waals surface area (Å²) in [4.78, 5) is 29.0. The normalized spacial score (nSPS) is 13.5. The van der Waals surface area contributed by atoms with E-state index in [1.807, 2.05) is 55.9 Å². The van der Waals surface area contributed by atoms with E-state index in [0.29, 0.717) is 24.6 Å². The van der Waals surface area contributed by atoms with Crippen molar-refractivity contribution in [1.82, 2.24) is 4.90 Å². The third-order valence-corrected chi connectivity index (χ3v) is 4.76. The highest BCUT2D eigenvalue weighted by atomic mass is 16.3. The van der Waals surface area contributed by atoms with E-state index in [1.165, 1.54) is 6.26 Å². The highest BCUT2D eigenvalue weighted by Gasteiger charge is 2.34. The van der Waals surface area contributed by atoms with Crippen LogP contribution in [0, 0.1) is 5.92 Å². The first-order valence-corrected chi connectivity index (χ1v) is 9.79. The second kappa shape index (κ2) is 8.50. The molecule has 1 N–H and O–H groups in total. The number of nitrogens with one attached hydrogen (secondary N) is 1. The summed E-state index contributed by atoms with van der Waals surface area (Å²) >= 11 is 0. The molecule has 0 bridgehead atoms. The van der Waals surface area contributed by atoms with Gasteiger partial charge in [-0.05, 0) is 54.7 Å². The van der Waals surface area contributed by atoms with Gasteiger partial charge < -0.3 is 19.5 Å². The van der Waals surface area contributed by atoms with Crippen LogP contribution in [0.25, 0.3) is 0 Å². The Morgan fingerprint density at radius 1 is 1.21 bits per heavy atom. The van der Waals surface area contributed by atoms with Crippen LogP contribution in [0.2, 0.25) is 0 Å². The van der Waals surface area contributed by atoms with Crippen molar-refractivity contribution in [3.8, 4) is 0 Å². The minimum atomic E-state index is -0.0912. The molecule has 1 heterocycles. The Bertz CT molecular complexity index is 824. The van der Waals surface area contributed by atoms with Crippen LogP contribution in [-0.2, 0) is 11.3 Å². The second-order valence-corrected chi connectivity index (χ2v) is 8.03. The number of rotatable bonds is 8. The fourth-order valence-corrected chi connectivity index (χ4v) is 3.29. The Kier molecular flexibility index (Phi) is 6.07. The molecule has 2 amide bonds. The summed E-state index contributed by atoms with van der Waals surface area (Å²) in [5.41, 5.74) is 2.78. The van der Waals surface area contributed by atoms with Gasteiger partial charge in [0.05, 0.1) is 6.26 Å². The standard InChI is InChI=1S/C22H29N3O3/c1-15(2)12-21(26)23-17-7-10-19(24(3)4)16(13-17)14-25(18-8-9-18)22(27)20-6-5-11-28-20/h5-7,10-11,13,15,18H,8-9,12,14H2,1-4H3,(H,23,26). The van der Waals surface area contributed by atoms with Crippen LogP contribution in [0.4, 0.5) is 11.4 Å². The molecule has 2 aromatic rings. The molecule has 1 aliphatic carbocycles. The summed E-state index contributed by atoms with van der Waals surface area (Å²) in [6.45, 7) is 4.52. The number of hydrogen-bond donors (Lipinski definition) is 1. The number of nitrogens with zero attached hydrogens (tertiary/aromatic N) is 2. The first-order chi connectivity index (χ1) is 13.3. The molecule has 6 nitrogen and oxygen atoms in total. The van der Waals surface area contributed by atoms with E-state index in [4.69, 9.17) is 4.42 Å². The van der Waals surface area contributed by atoms with Gasteiger partial charge in [0.15, 0.2) is 5.76 Å². The predicted octanol–water partition coefficient (Wildman–Crippen LogP) is 4.14. The molecule has 0 saturated heterocycles. The molecule has 0 radical (unpaired) electrons. The van der Waals surface area contributed by atoms with Crippen LogP contribution in [0.1, 0.15) is 49.2 Å². The summed E-state index contributed by atoms with van der Waals surface area (Å²) in [5, 5.41) is 2.98. The number of hydrogen-bond acceptors (Lipinski definition) is 4. The summed E-state index contributed by atoms with van der Waals surface area (Å²) in [5.74, 6) is 0.576. The van der Waals surface area contributed by atoms with Crippen molar-refractivity contribution in [2.45, 2.75) is 45.7 Å². The minimum Gasteiger partial charge on any atom is -0.459 e. The minimum absolute atomic E-state index is 0.00395. The third-order valence-electron chi connectivity index (χ3n) is 4.76. The molecular weight excluding hydrogens is 354 g/mol. The summed E-state index contributed by atoms with van der Waals surface area (Å²) in [6, 6.07) is 9.54. The Balaban J connectivity index is 1.84. The van der Waals surface area contributed by atoms with Gasteiger partial charge in [-0.1, -0.05) is 13.8 Å². The van der Waals surface area contributed by atoms with Crippen molar-refractivity contribution < 1.29 is 14.0 Å². The van der Waals surface area contributed by atoms with E-state index in [0.717, 1.165) is 29.8 Å². The maximum Gasteiger partial charge on any atom is 0.290 e. The van der Waals surface area contributed by atoms with Crippen molar-refractivity contribution in [1.29, 1.82) is 0 Å². The van der Waals surface area contributed by atoms with E-state index in [-0.39, 0.29) is 17.9 Å². The zero-order chi connectivity index (χ0) is 20.3. The molecule has 1 aromatic heterocycles. The topological polar surface area (TPSA) is 65.8 Å². The summed E-state index contributed by atoms with van der Waals surface area (Å²) in [7, 11) is 3.96.